The molecule has 1 unspecified atom stereocenters. The van der Waals surface area contributed by atoms with E-state index in [0.29, 0.717) is 22.6 Å². The molecule has 0 bridgehead atoms. The van der Waals surface area contributed by atoms with E-state index in [0.717, 1.165) is 5.52 Å². The van der Waals surface area contributed by atoms with Gasteiger partial charge < -0.3 is 9.55 Å². The van der Waals surface area contributed by atoms with Crippen LogP contribution in [0.5, 0.6) is 0 Å². The minimum Gasteiger partial charge on any atom is -0.330 e. The molecular formula is C10H10ClFN2OS2. The van der Waals surface area contributed by atoms with Gasteiger partial charge in [-0.2, -0.15) is 0 Å². The van der Waals surface area contributed by atoms with Gasteiger partial charge in [0.2, 0.25) is 0 Å². The monoisotopic (exact) mass is 292 g/mol. The highest BCUT2D eigenvalue weighted by molar-refractivity contribution is 7.84. The van der Waals surface area contributed by atoms with Gasteiger partial charge in [-0.1, -0.05) is 11.6 Å². The third-order valence-electron chi connectivity index (χ3n) is 2.42. The molecular weight excluding hydrogens is 283 g/mol. The van der Waals surface area contributed by atoms with Gasteiger partial charge in [0.1, 0.15) is 5.82 Å². The summed E-state index contributed by atoms with van der Waals surface area (Å²) < 4.78 is 26.6. The summed E-state index contributed by atoms with van der Waals surface area (Å²) in [5.41, 5.74) is 1.32. The molecule has 0 aliphatic heterocycles. The largest absolute Gasteiger partial charge is 0.330 e. The fourth-order valence-electron chi connectivity index (χ4n) is 1.59. The van der Waals surface area contributed by atoms with Crippen LogP contribution >= 0.6 is 23.8 Å². The lowest BCUT2D eigenvalue weighted by atomic mass is 10.3. The van der Waals surface area contributed by atoms with Gasteiger partial charge in [0, 0.05) is 35.4 Å². The first kappa shape index (κ1) is 12.7. The third-order valence-corrected chi connectivity index (χ3v) is 3.79. The van der Waals surface area contributed by atoms with Gasteiger partial charge in [-0.15, -0.1) is 0 Å². The predicted molar refractivity (Wildman–Crippen MR) is 71.0 cm³/mol. The lowest BCUT2D eigenvalue weighted by molar-refractivity contribution is 0.629. The number of hydrogen-bond acceptors (Lipinski definition) is 2. The zero-order chi connectivity index (χ0) is 12.6. The Labute approximate surface area is 110 Å². The molecule has 0 radical (unpaired) electrons. The number of aromatic nitrogens is 2. The van der Waals surface area contributed by atoms with Crippen LogP contribution in [0.2, 0.25) is 5.02 Å². The molecule has 2 rings (SSSR count). The van der Waals surface area contributed by atoms with E-state index in [-0.39, 0.29) is 5.02 Å². The smallest absolute Gasteiger partial charge is 0.178 e. The Morgan fingerprint density at radius 2 is 2.29 bits per heavy atom. The number of rotatable bonds is 3. The van der Waals surface area contributed by atoms with Crippen molar-refractivity contribution in [2.24, 2.45) is 0 Å². The van der Waals surface area contributed by atoms with E-state index in [9.17, 15) is 8.60 Å². The van der Waals surface area contributed by atoms with Gasteiger partial charge in [-0.3, -0.25) is 4.21 Å². The number of aromatic amines is 1. The molecule has 2 aromatic rings. The van der Waals surface area contributed by atoms with Gasteiger partial charge in [-0.25, -0.2) is 4.39 Å². The van der Waals surface area contributed by atoms with Gasteiger partial charge >= 0.3 is 0 Å². The van der Waals surface area contributed by atoms with E-state index < -0.39 is 16.6 Å². The summed E-state index contributed by atoms with van der Waals surface area (Å²) in [6.07, 6.45) is 1.63. The summed E-state index contributed by atoms with van der Waals surface area (Å²) in [7, 11) is -0.899. The second kappa shape index (κ2) is 4.88. The highest BCUT2D eigenvalue weighted by Crippen LogP contribution is 2.22. The molecule has 1 aromatic heterocycles. The molecule has 1 N–H and O–H groups in total. The molecule has 0 saturated carbocycles. The molecule has 17 heavy (non-hydrogen) atoms. The fraction of sp³-hybridized carbons (Fsp3) is 0.300. The highest BCUT2D eigenvalue weighted by atomic mass is 35.5. The number of fused-ring (bicyclic) bond motifs is 1. The summed E-state index contributed by atoms with van der Waals surface area (Å²) in [5.74, 6) is 0.0117. The fourth-order valence-corrected chi connectivity index (χ4v) is 2.49. The van der Waals surface area contributed by atoms with Crippen LogP contribution in [-0.2, 0) is 17.3 Å². The maximum absolute atomic E-state index is 13.3. The second-order valence-corrected chi connectivity index (χ2v) is 5.99. The summed E-state index contributed by atoms with van der Waals surface area (Å²) in [5, 5.41) is 0.0536. The molecule has 92 valence electrons. The number of benzene rings is 1. The zero-order valence-electron chi connectivity index (χ0n) is 9.00. The van der Waals surface area contributed by atoms with Crippen LogP contribution in [0, 0.1) is 10.6 Å². The van der Waals surface area contributed by atoms with Crippen molar-refractivity contribution in [2.75, 3.05) is 12.0 Å². The molecule has 1 heterocycles. The first-order chi connectivity index (χ1) is 7.99. The molecule has 3 nitrogen and oxygen atoms in total. The van der Waals surface area contributed by atoms with Crippen LogP contribution in [0.25, 0.3) is 11.0 Å². The van der Waals surface area contributed by atoms with Crippen molar-refractivity contribution in [3.8, 4) is 0 Å². The van der Waals surface area contributed by atoms with E-state index in [1.54, 1.807) is 10.8 Å². The lowest BCUT2D eigenvalue weighted by Crippen LogP contribution is -2.06. The summed E-state index contributed by atoms with van der Waals surface area (Å²) >= 11 is 10.9. The number of aryl methyl sites for hydroxylation is 1. The Morgan fingerprint density at radius 1 is 1.59 bits per heavy atom. The summed E-state index contributed by atoms with van der Waals surface area (Å²) in [6.45, 7) is 0.518. The third kappa shape index (κ3) is 2.59. The van der Waals surface area contributed by atoms with Gasteiger partial charge in [0.15, 0.2) is 4.77 Å². The Bertz CT molecular complexity index is 650. The van der Waals surface area contributed by atoms with E-state index in [1.165, 1.54) is 12.1 Å². The van der Waals surface area contributed by atoms with Crippen molar-refractivity contribution in [3.05, 3.63) is 27.7 Å². The molecule has 1 aromatic carbocycles. The number of nitrogens with zero attached hydrogens (tertiary/aromatic N) is 1. The van der Waals surface area contributed by atoms with E-state index in [4.69, 9.17) is 23.8 Å². The van der Waals surface area contributed by atoms with Crippen molar-refractivity contribution in [1.82, 2.24) is 9.55 Å². The van der Waals surface area contributed by atoms with Crippen molar-refractivity contribution >= 4 is 45.7 Å². The second-order valence-electron chi connectivity index (χ2n) is 3.64. The van der Waals surface area contributed by atoms with Crippen molar-refractivity contribution in [3.63, 3.8) is 0 Å². The van der Waals surface area contributed by atoms with Crippen LogP contribution in [0.4, 0.5) is 4.39 Å². The number of imidazole rings is 1. The Hall–Kier alpha value is -0.720. The number of halogens is 2. The number of H-pyrrole nitrogens is 1. The summed E-state index contributed by atoms with van der Waals surface area (Å²) in [4.78, 5) is 2.90. The van der Waals surface area contributed by atoms with Crippen LogP contribution in [0.1, 0.15) is 0 Å². The van der Waals surface area contributed by atoms with Crippen LogP contribution in [0.15, 0.2) is 12.1 Å². The van der Waals surface area contributed by atoms with Crippen LogP contribution < -0.4 is 0 Å². The standard InChI is InChI=1S/C10H10ClFN2OS2/c1-17(15)3-2-14-9-4-6(11)7(12)5-8(9)13-10(14)16/h4-5H,2-3H2,1H3,(H,13,16). The minimum atomic E-state index is -0.899. The first-order valence-electron chi connectivity index (χ1n) is 4.86. The van der Waals surface area contributed by atoms with Crippen molar-refractivity contribution in [1.29, 1.82) is 0 Å². The Kier molecular flexibility index (Phi) is 3.65. The molecule has 0 fully saturated rings. The molecule has 0 aliphatic rings. The zero-order valence-corrected chi connectivity index (χ0v) is 11.4. The van der Waals surface area contributed by atoms with Gasteiger partial charge in [-0.05, 0) is 18.3 Å². The molecule has 0 saturated heterocycles. The van der Waals surface area contributed by atoms with Gasteiger partial charge in [0.05, 0.1) is 16.1 Å². The first-order valence-corrected chi connectivity index (χ1v) is 7.38. The molecule has 1 atom stereocenters. The van der Waals surface area contributed by atoms with Crippen LogP contribution in [0.3, 0.4) is 0 Å². The lowest BCUT2D eigenvalue weighted by Gasteiger charge is -2.03. The summed E-state index contributed by atoms with van der Waals surface area (Å²) in [6, 6.07) is 2.84. The minimum absolute atomic E-state index is 0.0536. The maximum atomic E-state index is 13.3. The Morgan fingerprint density at radius 3 is 2.94 bits per heavy atom. The molecule has 0 amide bonds. The highest BCUT2D eigenvalue weighted by Gasteiger charge is 2.09. The van der Waals surface area contributed by atoms with Crippen molar-refractivity contribution < 1.29 is 8.60 Å². The molecule has 0 aliphatic carbocycles. The SMILES string of the molecule is CS(=O)CCn1c(=S)[nH]c2cc(F)c(Cl)cc21. The van der Waals surface area contributed by atoms with E-state index in [1.807, 2.05) is 0 Å². The predicted octanol–water partition coefficient (Wildman–Crippen LogP) is 2.87. The average Bonchev–Trinajstić information content (AvgIpc) is 2.52. The van der Waals surface area contributed by atoms with E-state index in [2.05, 4.69) is 4.98 Å². The molecule has 0 spiro atoms. The number of hydrogen-bond donors (Lipinski definition) is 1. The molecule has 7 heteroatoms. The normalized spacial score (nSPS) is 13.1. The van der Waals surface area contributed by atoms with Crippen LogP contribution in [-0.4, -0.2) is 25.8 Å². The van der Waals surface area contributed by atoms with Gasteiger partial charge in [0.25, 0.3) is 0 Å². The van der Waals surface area contributed by atoms with E-state index >= 15 is 0 Å². The maximum Gasteiger partial charge on any atom is 0.178 e. The van der Waals surface area contributed by atoms with Crippen molar-refractivity contribution in [2.45, 2.75) is 6.54 Å². The average molecular weight is 293 g/mol. The quantitative estimate of drug-likeness (QED) is 0.884. The Balaban J connectivity index is 2.54. The topological polar surface area (TPSA) is 37.8 Å². The number of nitrogens with one attached hydrogen (secondary N) is 1.